The van der Waals surface area contributed by atoms with Gasteiger partial charge in [-0.3, -0.25) is 4.79 Å². The second-order valence-corrected chi connectivity index (χ2v) is 7.91. The third-order valence-electron chi connectivity index (χ3n) is 4.97. The van der Waals surface area contributed by atoms with E-state index in [2.05, 4.69) is 15.3 Å². The topological polar surface area (TPSA) is 84.4 Å². The Kier molecular flexibility index (Phi) is 4.52. The molecule has 2 aromatic heterocycles. The van der Waals surface area contributed by atoms with Crippen LogP contribution in [0, 0.1) is 12.8 Å². The summed E-state index contributed by atoms with van der Waals surface area (Å²) in [5.41, 5.74) is 0.841. The maximum absolute atomic E-state index is 12.1. The van der Waals surface area contributed by atoms with Crippen molar-refractivity contribution in [2.75, 3.05) is 25.0 Å². The molecule has 0 aromatic carbocycles. The molecule has 2 fully saturated rings. The van der Waals surface area contributed by atoms with Crippen molar-refractivity contribution < 1.29 is 14.3 Å². The molecular weight excluding hydrogens is 352 g/mol. The summed E-state index contributed by atoms with van der Waals surface area (Å²) < 4.78 is 5.13. The standard InChI is InChI=1S/C18H22N4O3S/c1-3-25-18(24)15-10(2)14-16(20-9-21-17(14)26-15)19-7-11-6-13(23)22(8-11)12-4-5-12/h9,11-12H,3-8H2,1-2H3,(H,19,20,21). The Morgan fingerprint density at radius 3 is 2.96 bits per heavy atom. The van der Waals surface area contributed by atoms with E-state index in [0.29, 0.717) is 30.5 Å². The SMILES string of the molecule is CCOC(=O)c1sc2ncnc(NCC3CC(=O)N(C4CC4)C3)c2c1C. The first-order valence-electron chi connectivity index (χ1n) is 9.03. The van der Waals surface area contributed by atoms with Crippen LogP contribution < -0.4 is 5.32 Å². The zero-order valence-electron chi connectivity index (χ0n) is 14.9. The molecule has 2 aliphatic rings. The highest BCUT2D eigenvalue weighted by Crippen LogP contribution is 2.35. The van der Waals surface area contributed by atoms with E-state index < -0.39 is 0 Å². The number of nitrogens with one attached hydrogen (secondary N) is 1. The van der Waals surface area contributed by atoms with E-state index >= 15 is 0 Å². The van der Waals surface area contributed by atoms with Crippen LogP contribution in [-0.4, -0.2) is 52.5 Å². The molecule has 8 heteroatoms. The Morgan fingerprint density at radius 2 is 2.23 bits per heavy atom. The number of carbonyl (C=O) groups excluding carboxylic acids is 2. The number of anilines is 1. The number of esters is 1. The van der Waals surface area contributed by atoms with Gasteiger partial charge in [-0.25, -0.2) is 14.8 Å². The summed E-state index contributed by atoms with van der Waals surface area (Å²) >= 11 is 1.33. The number of aryl methyl sites for hydroxylation is 1. The summed E-state index contributed by atoms with van der Waals surface area (Å²) in [5, 5.41) is 4.24. The van der Waals surface area contributed by atoms with Gasteiger partial charge in [-0.1, -0.05) is 0 Å². The minimum absolute atomic E-state index is 0.267. The predicted molar refractivity (Wildman–Crippen MR) is 99.4 cm³/mol. The fraction of sp³-hybridized carbons (Fsp3) is 0.556. The lowest BCUT2D eigenvalue weighted by Crippen LogP contribution is -2.28. The van der Waals surface area contributed by atoms with Gasteiger partial charge in [0.2, 0.25) is 5.91 Å². The number of aromatic nitrogens is 2. The van der Waals surface area contributed by atoms with Crippen molar-refractivity contribution in [3.8, 4) is 0 Å². The van der Waals surface area contributed by atoms with Crippen molar-refractivity contribution in [2.45, 2.75) is 39.2 Å². The number of carbonyl (C=O) groups is 2. The van der Waals surface area contributed by atoms with Crippen LogP contribution in [-0.2, 0) is 9.53 Å². The molecule has 138 valence electrons. The van der Waals surface area contributed by atoms with Gasteiger partial charge in [-0.05, 0) is 32.3 Å². The second kappa shape index (κ2) is 6.83. The summed E-state index contributed by atoms with van der Waals surface area (Å²) in [7, 11) is 0. The van der Waals surface area contributed by atoms with Crippen LogP contribution in [0.3, 0.4) is 0 Å². The molecule has 1 atom stereocenters. The van der Waals surface area contributed by atoms with Crippen LogP contribution in [0.1, 0.15) is 41.4 Å². The van der Waals surface area contributed by atoms with Crippen molar-refractivity contribution in [3.05, 3.63) is 16.8 Å². The van der Waals surface area contributed by atoms with Gasteiger partial charge < -0.3 is 15.0 Å². The van der Waals surface area contributed by atoms with Crippen LogP contribution in [0.25, 0.3) is 10.2 Å². The van der Waals surface area contributed by atoms with Gasteiger partial charge in [0.1, 0.15) is 21.9 Å². The number of nitrogens with zero attached hydrogens (tertiary/aromatic N) is 3. The van der Waals surface area contributed by atoms with Gasteiger partial charge >= 0.3 is 5.97 Å². The quantitative estimate of drug-likeness (QED) is 0.783. The van der Waals surface area contributed by atoms with E-state index in [1.54, 1.807) is 6.92 Å². The first-order chi connectivity index (χ1) is 12.6. The Labute approximate surface area is 155 Å². The lowest BCUT2D eigenvalue weighted by molar-refractivity contribution is -0.128. The van der Waals surface area contributed by atoms with Gasteiger partial charge in [0.15, 0.2) is 0 Å². The lowest BCUT2D eigenvalue weighted by atomic mass is 10.1. The minimum Gasteiger partial charge on any atom is -0.462 e. The Hall–Kier alpha value is -2.22. The Morgan fingerprint density at radius 1 is 1.42 bits per heavy atom. The van der Waals surface area contributed by atoms with Crippen LogP contribution in [0.2, 0.25) is 0 Å². The molecule has 0 radical (unpaired) electrons. The highest BCUT2D eigenvalue weighted by molar-refractivity contribution is 7.20. The summed E-state index contributed by atoms with van der Waals surface area (Å²) in [6.45, 7) is 5.54. The van der Waals surface area contributed by atoms with E-state index in [4.69, 9.17) is 4.74 Å². The number of likely N-dealkylation sites (tertiary alicyclic amines) is 1. The Balaban J connectivity index is 1.51. The third-order valence-corrected chi connectivity index (χ3v) is 6.15. The number of hydrogen-bond acceptors (Lipinski definition) is 7. The molecule has 26 heavy (non-hydrogen) atoms. The molecule has 7 nitrogen and oxygen atoms in total. The molecule has 3 heterocycles. The zero-order valence-corrected chi connectivity index (χ0v) is 15.8. The van der Waals surface area contributed by atoms with Gasteiger partial charge in [-0.15, -0.1) is 11.3 Å². The van der Waals surface area contributed by atoms with E-state index in [9.17, 15) is 9.59 Å². The summed E-state index contributed by atoms with van der Waals surface area (Å²) in [4.78, 5) is 36.3. The second-order valence-electron chi connectivity index (χ2n) is 6.91. The molecule has 1 aliphatic heterocycles. The van der Waals surface area contributed by atoms with Crippen LogP contribution in [0.4, 0.5) is 5.82 Å². The molecule has 0 bridgehead atoms. The van der Waals surface area contributed by atoms with Gasteiger partial charge in [0.25, 0.3) is 0 Å². The van der Waals surface area contributed by atoms with Crippen molar-refractivity contribution >= 4 is 39.2 Å². The van der Waals surface area contributed by atoms with E-state index in [1.165, 1.54) is 17.7 Å². The first-order valence-corrected chi connectivity index (χ1v) is 9.84. The summed E-state index contributed by atoms with van der Waals surface area (Å²) in [6.07, 6.45) is 4.38. The summed E-state index contributed by atoms with van der Waals surface area (Å²) in [6, 6.07) is 0.476. The van der Waals surface area contributed by atoms with Crippen LogP contribution >= 0.6 is 11.3 Å². The van der Waals surface area contributed by atoms with Crippen molar-refractivity contribution in [1.82, 2.24) is 14.9 Å². The minimum atomic E-state index is -0.319. The van der Waals surface area contributed by atoms with Crippen LogP contribution in [0.15, 0.2) is 6.33 Å². The average Bonchev–Trinajstić information content (AvgIpc) is 3.31. The molecule has 1 amide bonds. The largest absolute Gasteiger partial charge is 0.462 e. The zero-order chi connectivity index (χ0) is 18.3. The number of amides is 1. The normalized spacial score (nSPS) is 20.0. The average molecular weight is 374 g/mol. The highest BCUT2D eigenvalue weighted by atomic mass is 32.1. The van der Waals surface area contributed by atoms with E-state index in [1.807, 2.05) is 11.8 Å². The maximum atomic E-state index is 12.1. The Bertz CT molecular complexity index is 861. The molecular formula is C18H22N4O3S. The van der Waals surface area contributed by atoms with Gasteiger partial charge in [0, 0.05) is 31.5 Å². The molecule has 1 saturated heterocycles. The number of hydrogen-bond donors (Lipinski definition) is 1. The molecule has 2 aromatic rings. The first kappa shape index (κ1) is 17.2. The molecule has 1 saturated carbocycles. The van der Waals surface area contributed by atoms with Crippen molar-refractivity contribution in [1.29, 1.82) is 0 Å². The van der Waals surface area contributed by atoms with Crippen molar-refractivity contribution in [2.24, 2.45) is 5.92 Å². The van der Waals surface area contributed by atoms with E-state index in [-0.39, 0.29) is 17.8 Å². The lowest BCUT2D eigenvalue weighted by Gasteiger charge is -2.16. The molecule has 1 aliphatic carbocycles. The number of rotatable bonds is 6. The van der Waals surface area contributed by atoms with Crippen LogP contribution in [0.5, 0.6) is 0 Å². The number of thiophene rings is 1. The number of ether oxygens (including phenoxy) is 1. The smallest absolute Gasteiger partial charge is 0.348 e. The molecule has 1 unspecified atom stereocenters. The fourth-order valence-electron chi connectivity index (χ4n) is 3.52. The molecule has 1 N–H and O–H groups in total. The predicted octanol–water partition coefficient (Wildman–Crippen LogP) is 2.60. The van der Waals surface area contributed by atoms with E-state index in [0.717, 1.165) is 41.0 Å². The monoisotopic (exact) mass is 374 g/mol. The van der Waals surface area contributed by atoms with Gasteiger partial charge in [0.05, 0.1) is 12.0 Å². The molecule has 4 rings (SSSR count). The maximum Gasteiger partial charge on any atom is 0.348 e. The third kappa shape index (κ3) is 3.13. The summed E-state index contributed by atoms with van der Waals surface area (Å²) in [5.74, 6) is 0.956. The highest BCUT2D eigenvalue weighted by Gasteiger charge is 2.39. The van der Waals surface area contributed by atoms with Crippen molar-refractivity contribution in [3.63, 3.8) is 0 Å². The fourth-order valence-corrected chi connectivity index (χ4v) is 4.56. The van der Waals surface area contributed by atoms with Gasteiger partial charge in [-0.2, -0.15) is 0 Å². The number of fused-ring (bicyclic) bond motifs is 1. The molecule has 0 spiro atoms.